The maximum atomic E-state index is 6.03. The van der Waals surface area contributed by atoms with Gasteiger partial charge in [-0.3, -0.25) is 0 Å². The molecule has 0 heterocycles. The van der Waals surface area contributed by atoms with Crippen LogP contribution in [0.1, 0.15) is 11.1 Å². The van der Waals surface area contributed by atoms with Gasteiger partial charge in [-0.05, 0) is 54.5 Å². The van der Waals surface area contributed by atoms with Gasteiger partial charge in [0.2, 0.25) is 0 Å². The molecule has 0 aliphatic carbocycles. The summed E-state index contributed by atoms with van der Waals surface area (Å²) in [5.74, 6) is 0. The van der Waals surface area contributed by atoms with Crippen LogP contribution in [0.3, 0.4) is 0 Å². The Morgan fingerprint density at radius 3 is 2.57 bits per heavy atom. The van der Waals surface area contributed by atoms with Crippen molar-refractivity contribution in [2.24, 2.45) is 0 Å². The third-order valence-corrected chi connectivity index (χ3v) is 4.17. The van der Waals surface area contributed by atoms with Gasteiger partial charge in [-0.1, -0.05) is 41.4 Å². The molecule has 0 amide bonds. The van der Waals surface area contributed by atoms with Crippen molar-refractivity contribution in [3.8, 4) is 0 Å². The molecule has 0 aliphatic rings. The fraction of sp³-hybridized carbons (Fsp3) is 0.188. The minimum atomic E-state index is 0.556. The molecule has 0 saturated carbocycles. The summed E-state index contributed by atoms with van der Waals surface area (Å²) in [6, 6.07) is 13.7. The molecule has 0 aliphatic heterocycles. The van der Waals surface area contributed by atoms with Gasteiger partial charge in [-0.25, -0.2) is 0 Å². The third kappa shape index (κ3) is 4.60. The summed E-state index contributed by atoms with van der Waals surface area (Å²) in [6.07, 6.45) is 0. The molecule has 1 N–H and O–H groups in total. The first-order chi connectivity index (χ1) is 9.95. The first-order valence-electron chi connectivity index (χ1n) is 6.48. The van der Waals surface area contributed by atoms with E-state index in [-0.39, 0.29) is 0 Å². The van der Waals surface area contributed by atoms with Crippen molar-refractivity contribution in [3.63, 3.8) is 0 Å². The molecular formula is C16H16Cl2N2S. The molecule has 0 aromatic heterocycles. The fourth-order valence-corrected chi connectivity index (χ4v) is 2.43. The average molecular weight is 339 g/mol. The molecule has 2 rings (SSSR count). The van der Waals surface area contributed by atoms with Crippen LogP contribution in [0.15, 0.2) is 42.5 Å². The number of nitrogens with zero attached hydrogens (tertiary/aromatic N) is 1. The molecule has 21 heavy (non-hydrogen) atoms. The van der Waals surface area contributed by atoms with E-state index >= 15 is 0 Å². The van der Waals surface area contributed by atoms with Crippen LogP contribution in [0.5, 0.6) is 0 Å². The molecule has 2 aromatic rings. The lowest BCUT2D eigenvalue weighted by atomic mass is 10.2. The predicted octanol–water partition coefficient (Wildman–Crippen LogP) is 5.13. The fourth-order valence-electron chi connectivity index (χ4n) is 1.93. The number of thiocarbonyl (C=S) groups is 1. The van der Waals surface area contributed by atoms with Gasteiger partial charge in [0.15, 0.2) is 5.11 Å². The summed E-state index contributed by atoms with van der Waals surface area (Å²) in [5.41, 5.74) is 3.23. The number of anilines is 1. The standard InChI is InChI=1S/C16H16Cl2N2S/c1-11-4-3-5-13(8-11)19-16(21)20(2)10-12-6-7-14(17)15(18)9-12/h3-9H,10H2,1-2H3,(H,19,21). The topological polar surface area (TPSA) is 15.3 Å². The van der Waals surface area contributed by atoms with E-state index in [0.717, 1.165) is 11.3 Å². The van der Waals surface area contributed by atoms with Gasteiger partial charge in [0.1, 0.15) is 0 Å². The molecule has 0 radical (unpaired) electrons. The summed E-state index contributed by atoms with van der Waals surface area (Å²) < 4.78 is 0. The molecule has 110 valence electrons. The highest BCUT2D eigenvalue weighted by molar-refractivity contribution is 7.80. The second kappa shape index (κ2) is 7.12. The van der Waals surface area contributed by atoms with Crippen molar-refractivity contribution >= 4 is 46.2 Å². The predicted molar refractivity (Wildman–Crippen MR) is 95.3 cm³/mol. The molecule has 5 heteroatoms. The second-order valence-electron chi connectivity index (χ2n) is 4.90. The maximum absolute atomic E-state index is 6.03. The van der Waals surface area contributed by atoms with Gasteiger partial charge in [0.05, 0.1) is 10.0 Å². The summed E-state index contributed by atoms with van der Waals surface area (Å²) in [6.45, 7) is 2.71. The second-order valence-corrected chi connectivity index (χ2v) is 6.11. The Bertz CT molecular complexity index is 658. The highest BCUT2D eigenvalue weighted by atomic mass is 35.5. The van der Waals surface area contributed by atoms with Crippen molar-refractivity contribution in [2.45, 2.75) is 13.5 Å². The Labute approximate surface area is 140 Å². The first kappa shape index (κ1) is 16.1. The van der Waals surface area contributed by atoms with E-state index < -0.39 is 0 Å². The molecule has 2 nitrogen and oxygen atoms in total. The molecule has 0 saturated heterocycles. The Morgan fingerprint density at radius 1 is 1.14 bits per heavy atom. The van der Waals surface area contributed by atoms with Gasteiger partial charge in [0, 0.05) is 19.3 Å². The SMILES string of the molecule is Cc1cccc(NC(=S)N(C)Cc2ccc(Cl)c(Cl)c2)c1. The number of benzene rings is 2. The van der Waals surface area contributed by atoms with E-state index in [1.807, 2.05) is 49.2 Å². The van der Waals surface area contributed by atoms with Crippen LogP contribution >= 0.6 is 35.4 Å². The Hall–Kier alpha value is -1.29. The first-order valence-corrected chi connectivity index (χ1v) is 7.65. The normalized spacial score (nSPS) is 10.3. The third-order valence-electron chi connectivity index (χ3n) is 3.02. The van der Waals surface area contributed by atoms with Crippen molar-refractivity contribution in [1.29, 1.82) is 0 Å². The number of nitrogens with one attached hydrogen (secondary N) is 1. The zero-order valence-corrected chi connectivity index (χ0v) is 14.2. The summed E-state index contributed by atoms with van der Waals surface area (Å²) in [4.78, 5) is 1.96. The molecule has 0 spiro atoms. The zero-order valence-electron chi connectivity index (χ0n) is 11.9. The number of halogens is 2. The van der Waals surface area contributed by atoms with Crippen LogP contribution < -0.4 is 5.32 Å². The molecule has 0 fully saturated rings. The molecule has 2 aromatic carbocycles. The number of hydrogen-bond donors (Lipinski definition) is 1. The Morgan fingerprint density at radius 2 is 1.90 bits per heavy atom. The van der Waals surface area contributed by atoms with E-state index in [0.29, 0.717) is 21.7 Å². The van der Waals surface area contributed by atoms with E-state index in [4.69, 9.17) is 35.4 Å². The molecule has 0 atom stereocenters. The van der Waals surface area contributed by atoms with Gasteiger partial charge in [0.25, 0.3) is 0 Å². The molecule has 0 unspecified atom stereocenters. The smallest absolute Gasteiger partial charge is 0.173 e. The van der Waals surface area contributed by atoms with Gasteiger partial charge in [-0.15, -0.1) is 0 Å². The van der Waals surface area contributed by atoms with Crippen LogP contribution in [0.2, 0.25) is 10.0 Å². The highest BCUT2D eigenvalue weighted by Crippen LogP contribution is 2.23. The largest absolute Gasteiger partial charge is 0.348 e. The van der Waals surface area contributed by atoms with Crippen molar-refractivity contribution < 1.29 is 0 Å². The van der Waals surface area contributed by atoms with Crippen LogP contribution in [0.4, 0.5) is 5.69 Å². The quantitative estimate of drug-likeness (QED) is 0.781. The number of rotatable bonds is 3. The lowest BCUT2D eigenvalue weighted by Gasteiger charge is -2.21. The van der Waals surface area contributed by atoms with Gasteiger partial charge >= 0.3 is 0 Å². The lowest BCUT2D eigenvalue weighted by Crippen LogP contribution is -2.30. The van der Waals surface area contributed by atoms with Crippen molar-refractivity contribution in [1.82, 2.24) is 4.90 Å². The van der Waals surface area contributed by atoms with Crippen LogP contribution in [0.25, 0.3) is 0 Å². The van der Waals surface area contributed by atoms with Crippen LogP contribution in [-0.4, -0.2) is 17.1 Å². The summed E-state index contributed by atoms with van der Waals surface area (Å²) in [7, 11) is 1.94. The van der Waals surface area contributed by atoms with Gasteiger partial charge in [-0.2, -0.15) is 0 Å². The Balaban J connectivity index is 2.00. The minimum absolute atomic E-state index is 0.556. The van der Waals surface area contributed by atoms with Crippen molar-refractivity contribution in [3.05, 3.63) is 63.6 Å². The Kier molecular flexibility index (Phi) is 5.45. The van der Waals surface area contributed by atoms with Crippen LogP contribution in [-0.2, 0) is 6.54 Å². The monoisotopic (exact) mass is 338 g/mol. The zero-order chi connectivity index (χ0) is 15.4. The molecular weight excluding hydrogens is 323 g/mol. The number of hydrogen-bond acceptors (Lipinski definition) is 1. The van der Waals surface area contributed by atoms with E-state index in [2.05, 4.69) is 11.4 Å². The minimum Gasteiger partial charge on any atom is -0.348 e. The number of aryl methyl sites for hydroxylation is 1. The average Bonchev–Trinajstić information content (AvgIpc) is 2.43. The lowest BCUT2D eigenvalue weighted by molar-refractivity contribution is 0.508. The molecule has 0 bridgehead atoms. The van der Waals surface area contributed by atoms with E-state index in [9.17, 15) is 0 Å². The van der Waals surface area contributed by atoms with E-state index in [1.165, 1.54) is 5.56 Å². The van der Waals surface area contributed by atoms with E-state index in [1.54, 1.807) is 6.07 Å². The summed E-state index contributed by atoms with van der Waals surface area (Å²) >= 11 is 17.4. The van der Waals surface area contributed by atoms with Crippen LogP contribution in [0, 0.1) is 6.92 Å². The maximum Gasteiger partial charge on any atom is 0.173 e. The summed E-state index contributed by atoms with van der Waals surface area (Å²) in [5, 5.41) is 5.00. The highest BCUT2D eigenvalue weighted by Gasteiger charge is 2.07. The van der Waals surface area contributed by atoms with Gasteiger partial charge < -0.3 is 10.2 Å². The van der Waals surface area contributed by atoms with Crippen molar-refractivity contribution in [2.75, 3.05) is 12.4 Å².